The van der Waals surface area contributed by atoms with Gasteiger partial charge in [-0.2, -0.15) is 13.2 Å². The molecule has 108 valence electrons. The summed E-state index contributed by atoms with van der Waals surface area (Å²) in [5, 5.41) is 3.11. The quantitative estimate of drug-likeness (QED) is 0.871. The highest BCUT2D eigenvalue weighted by Crippen LogP contribution is 2.32. The Morgan fingerprint density at radius 3 is 2.50 bits per heavy atom. The Bertz CT molecular complexity index is 534. The van der Waals surface area contributed by atoms with E-state index in [1.165, 1.54) is 12.1 Å². The van der Waals surface area contributed by atoms with Crippen molar-refractivity contribution < 1.29 is 17.6 Å². The van der Waals surface area contributed by atoms with Crippen LogP contribution in [0, 0.1) is 0 Å². The molecule has 1 heterocycles. The molecule has 0 saturated heterocycles. The molecule has 1 atom stereocenters. The van der Waals surface area contributed by atoms with Crippen molar-refractivity contribution in [1.29, 1.82) is 0 Å². The zero-order chi connectivity index (χ0) is 14.6. The number of furan rings is 1. The highest BCUT2D eigenvalue weighted by atomic mass is 19.4. The minimum Gasteiger partial charge on any atom is -0.468 e. The van der Waals surface area contributed by atoms with E-state index in [-0.39, 0.29) is 18.2 Å². The van der Waals surface area contributed by atoms with Gasteiger partial charge in [0.2, 0.25) is 0 Å². The van der Waals surface area contributed by atoms with Crippen molar-refractivity contribution in [1.82, 2.24) is 5.32 Å². The third-order valence-electron chi connectivity index (χ3n) is 3.16. The zero-order valence-electron chi connectivity index (χ0n) is 11.1. The maximum absolute atomic E-state index is 12.9. The second-order valence-electron chi connectivity index (χ2n) is 4.51. The van der Waals surface area contributed by atoms with E-state index in [4.69, 9.17) is 4.42 Å². The molecule has 1 N–H and O–H groups in total. The summed E-state index contributed by atoms with van der Waals surface area (Å²) in [6.07, 6.45) is -2.03. The summed E-state index contributed by atoms with van der Waals surface area (Å²) in [6, 6.07) is 9.10. The SMILES string of the molecule is CCC(NCc1ccccc1C(F)(F)F)c1ccco1. The van der Waals surface area contributed by atoms with Crippen LogP contribution in [0.5, 0.6) is 0 Å². The van der Waals surface area contributed by atoms with Crippen LogP contribution in [0.25, 0.3) is 0 Å². The molecule has 1 unspecified atom stereocenters. The lowest BCUT2D eigenvalue weighted by Gasteiger charge is -2.17. The molecule has 0 aliphatic heterocycles. The molecule has 2 rings (SSSR count). The smallest absolute Gasteiger partial charge is 0.416 e. The van der Waals surface area contributed by atoms with Crippen molar-refractivity contribution in [2.24, 2.45) is 0 Å². The molecule has 1 aromatic heterocycles. The number of hydrogen-bond donors (Lipinski definition) is 1. The molecular formula is C15H16F3NO. The van der Waals surface area contributed by atoms with Crippen LogP contribution < -0.4 is 5.32 Å². The molecule has 0 saturated carbocycles. The van der Waals surface area contributed by atoms with Crippen molar-refractivity contribution in [3.63, 3.8) is 0 Å². The molecule has 0 amide bonds. The molecule has 1 aromatic carbocycles. The van der Waals surface area contributed by atoms with Crippen LogP contribution in [0.2, 0.25) is 0 Å². The van der Waals surface area contributed by atoms with Gasteiger partial charge in [0.05, 0.1) is 17.9 Å². The summed E-state index contributed by atoms with van der Waals surface area (Å²) < 4.78 is 43.9. The first kappa shape index (κ1) is 14.7. The maximum Gasteiger partial charge on any atom is 0.416 e. The van der Waals surface area contributed by atoms with E-state index in [9.17, 15) is 13.2 Å². The second kappa shape index (κ2) is 6.13. The maximum atomic E-state index is 12.9. The summed E-state index contributed by atoms with van der Waals surface area (Å²) >= 11 is 0. The fourth-order valence-electron chi connectivity index (χ4n) is 2.12. The summed E-state index contributed by atoms with van der Waals surface area (Å²) in [5.41, 5.74) is -0.355. The third kappa shape index (κ3) is 3.42. The van der Waals surface area contributed by atoms with Gasteiger partial charge in [0.1, 0.15) is 5.76 Å². The van der Waals surface area contributed by atoms with Gasteiger partial charge in [-0.15, -0.1) is 0 Å². The third-order valence-corrected chi connectivity index (χ3v) is 3.16. The number of rotatable bonds is 5. The molecule has 2 nitrogen and oxygen atoms in total. The van der Waals surface area contributed by atoms with Crippen LogP contribution in [0.15, 0.2) is 47.1 Å². The van der Waals surface area contributed by atoms with Crippen LogP contribution in [0.4, 0.5) is 13.2 Å². The standard InChI is InChI=1S/C15H16F3NO/c1-2-13(14-8-5-9-20-14)19-10-11-6-3-4-7-12(11)15(16,17)18/h3-9,13,19H,2,10H2,1H3. The Kier molecular flexibility index (Phi) is 4.49. The van der Waals surface area contributed by atoms with Crippen molar-refractivity contribution >= 4 is 0 Å². The van der Waals surface area contributed by atoms with Crippen LogP contribution in [-0.2, 0) is 12.7 Å². The summed E-state index contributed by atoms with van der Waals surface area (Å²) in [6.45, 7) is 2.10. The van der Waals surface area contributed by atoms with E-state index in [1.807, 2.05) is 13.0 Å². The number of benzene rings is 1. The monoisotopic (exact) mass is 283 g/mol. The minimum atomic E-state index is -4.33. The molecule has 0 fully saturated rings. The number of nitrogens with one attached hydrogen (secondary N) is 1. The Hall–Kier alpha value is -1.75. The van der Waals surface area contributed by atoms with Crippen molar-refractivity contribution in [3.05, 3.63) is 59.5 Å². The lowest BCUT2D eigenvalue weighted by molar-refractivity contribution is -0.138. The van der Waals surface area contributed by atoms with E-state index in [0.717, 1.165) is 18.2 Å². The number of hydrogen-bond acceptors (Lipinski definition) is 2. The first-order chi connectivity index (χ1) is 9.52. The van der Waals surface area contributed by atoms with E-state index >= 15 is 0 Å². The average molecular weight is 283 g/mol. The topological polar surface area (TPSA) is 25.2 Å². The lowest BCUT2D eigenvalue weighted by Crippen LogP contribution is -2.22. The van der Waals surface area contributed by atoms with Crippen molar-refractivity contribution in [3.8, 4) is 0 Å². The molecule has 2 aromatic rings. The fourth-order valence-corrected chi connectivity index (χ4v) is 2.12. The minimum absolute atomic E-state index is 0.0914. The Morgan fingerprint density at radius 1 is 1.15 bits per heavy atom. The lowest BCUT2D eigenvalue weighted by atomic mass is 10.1. The average Bonchev–Trinajstić information content (AvgIpc) is 2.93. The Morgan fingerprint density at radius 2 is 1.90 bits per heavy atom. The van der Waals surface area contributed by atoms with E-state index in [1.54, 1.807) is 18.4 Å². The second-order valence-corrected chi connectivity index (χ2v) is 4.51. The molecule has 0 radical (unpaired) electrons. The first-order valence-corrected chi connectivity index (χ1v) is 6.44. The predicted molar refractivity (Wildman–Crippen MR) is 70.0 cm³/mol. The molecule has 20 heavy (non-hydrogen) atoms. The fraction of sp³-hybridized carbons (Fsp3) is 0.333. The van der Waals surface area contributed by atoms with Gasteiger partial charge in [-0.25, -0.2) is 0 Å². The van der Waals surface area contributed by atoms with Crippen molar-refractivity contribution in [2.75, 3.05) is 0 Å². The van der Waals surface area contributed by atoms with Gasteiger partial charge in [0.25, 0.3) is 0 Å². The summed E-state index contributed by atoms with van der Waals surface area (Å²) in [4.78, 5) is 0. The van der Waals surface area contributed by atoms with Gasteiger partial charge < -0.3 is 9.73 Å². The Balaban J connectivity index is 2.11. The van der Waals surface area contributed by atoms with Gasteiger partial charge in [0.15, 0.2) is 0 Å². The normalized spacial score (nSPS) is 13.4. The Labute approximate surface area is 115 Å². The van der Waals surface area contributed by atoms with Gasteiger partial charge in [0, 0.05) is 6.54 Å². The highest BCUT2D eigenvalue weighted by molar-refractivity contribution is 5.29. The molecular weight excluding hydrogens is 267 g/mol. The van der Waals surface area contributed by atoms with Crippen LogP contribution in [0.1, 0.15) is 36.3 Å². The molecule has 5 heteroatoms. The van der Waals surface area contributed by atoms with Gasteiger partial charge in [-0.05, 0) is 30.2 Å². The zero-order valence-corrected chi connectivity index (χ0v) is 11.1. The predicted octanol–water partition coefficient (Wildman–Crippen LogP) is 4.54. The summed E-state index contributed by atoms with van der Waals surface area (Å²) in [5.74, 6) is 0.733. The number of alkyl halides is 3. The van der Waals surface area contributed by atoms with Crippen LogP contribution in [-0.4, -0.2) is 0 Å². The van der Waals surface area contributed by atoms with Crippen molar-refractivity contribution in [2.45, 2.75) is 32.1 Å². The van der Waals surface area contributed by atoms with Gasteiger partial charge in [-0.1, -0.05) is 25.1 Å². The van der Waals surface area contributed by atoms with Crippen LogP contribution >= 0.6 is 0 Å². The van der Waals surface area contributed by atoms with Crippen LogP contribution in [0.3, 0.4) is 0 Å². The largest absolute Gasteiger partial charge is 0.468 e. The number of halogens is 3. The van der Waals surface area contributed by atoms with Gasteiger partial charge in [-0.3, -0.25) is 0 Å². The molecule has 0 spiro atoms. The molecule has 0 aliphatic carbocycles. The molecule has 0 bridgehead atoms. The highest BCUT2D eigenvalue weighted by Gasteiger charge is 2.32. The summed E-state index contributed by atoms with van der Waals surface area (Å²) in [7, 11) is 0. The first-order valence-electron chi connectivity index (χ1n) is 6.44. The molecule has 0 aliphatic rings. The van der Waals surface area contributed by atoms with Gasteiger partial charge >= 0.3 is 6.18 Å². The van der Waals surface area contributed by atoms with E-state index < -0.39 is 11.7 Å². The van der Waals surface area contributed by atoms with E-state index in [2.05, 4.69) is 5.32 Å². The van der Waals surface area contributed by atoms with E-state index in [0.29, 0.717) is 0 Å².